The minimum atomic E-state index is 0.772. The number of hydrogen-bond donors (Lipinski definition) is 2. The molecule has 0 aliphatic heterocycles. The minimum absolute atomic E-state index is 0.772. The quantitative estimate of drug-likeness (QED) is 0.680. The molecule has 0 radical (unpaired) electrons. The molecule has 0 saturated heterocycles. The molecule has 0 saturated carbocycles. The lowest BCUT2D eigenvalue weighted by molar-refractivity contribution is 0.147. The molecule has 1 aromatic rings. The number of nitrogen functional groups attached to an aromatic ring is 1. The van der Waals surface area contributed by atoms with Crippen LogP contribution < -0.4 is 11.1 Å². The Bertz CT molecular complexity index is 335. The van der Waals surface area contributed by atoms with Crippen molar-refractivity contribution in [3.63, 3.8) is 0 Å². The third-order valence-corrected chi connectivity index (χ3v) is 2.61. The van der Waals surface area contributed by atoms with Crippen LogP contribution in [0.3, 0.4) is 0 Å². The number of nitrogens with zero attached hydrogens (tertiary/aromatic N) is 2. The monoisotopic (exact) mass is 240 g/mol. The van der Waals surface area contributed by atoms with E-state index in [0.717, 1.165) is 56.2 Å². The molecule has 1 rings (SSSR count). The highest BCUT2D eigenvalue weighted by molar-refractivity contribution is 5.64. The largest absolute Gasteiger partial charge is 0.394 e. The summed E-state index contributed by atoms with van der Waals surface area (Å²) in [5.41, 5.74) is 7.83. The van der Waals surface area contributed by atoms with E-state index in [-0.39, 0.29) is 0 Å². The van der Waals surface area contributed by atoms with Crippen LogP contribution in [-0.2, 0) is 18.2 Å². The molecule has 0 atom stereocenters. The Morgan fingerprint density at radius 3 is 2.82 bits per heavy atom. The zero-order chi connectivity index (χ0) is 12.7. The van der Waals surface area contributed by atoms with Crippen molar-refractivity contribution in [3.05, 3.63) is 5.69 Å². The maximum atomic E-state index is 6.05. The van der Waals surface area contributed by atoms with Gasteiger partial charge in [-0.25, -0.2) is 0 Å². The molecule has 3 N–H and O–H groups in total. The van der Waals surface area contributed by atoms with Crippen LogP contribution >= 0.6 is 0 Å². The van der Waals surface area contributed by atoms with E-state index in [2.05, 4.69) is 17.3 Å². The van der Waals surface area contributed by atoms with Gasteiger partial charge < -0.3 is 15.8 Å². The Labute approximate surface area is 103 Å². The average molecular weight is 240 g/mol. The van der Waals surface area contributed by atoms with Gasteiger partial charge in [0.2, 0.25) is 0 Å². The van der Waals surface area contributed by atoms with Gasteiger partial charge in [0, 0.05) is 26.8 Å². The van der Waals surface area contributed by atoms with Crippen molar-refractivity contribution in [3.8, 4) is 0 Å². The highest BCUT2D eigenvalue weighted by atomic mass is 16.5. The van der Waals surface area contributed by atoms with Crippen LogP contribution in [0.2, 0.25) is 0 Å². The molecule has 5 nitrogen and oxygen atoms in total. The summed E-state index contributed by atoms with van der Waals surface area (Å²) in [6.45, 7) is 6.54. The molecule has 0 amide bonds. The molecule has 1 aromatic heterocycles. The lowest BCUT2D eigenvalue weighted by Crippen LogP contribution is -2.10. The van der Waals surface area contributed by atoms with Gasteiger partial charge in [0.25, 0.3) is 0 Å². The second kappa shape index (κ2) is 7.17. The van der Waals surface area contributed by atoms with E-state index >= 15 is 0 Å². The van der Waals surface area contributed by atoms with Crippen molar-refractivity contribution >= 4 is 11.5 Å². The fraction of sp³-hybridized carbons (Fsp3) is 0.750. The first-order valence-corrected chi connectivity index (χ1v) is 6.33. The van der Waals surface area contributed by atoms with Crippen LogP contribution in [0.25, 0.3) is 0 Å². The fourth-order valence-corrected chi connectivity index (χ4v) is 1.75. The highest BCUT2D eigenvalue weighted by Gasteiger charge is 2.11. The second-order valence-electron chi connectivity index (χ2n) is 4.06. The van der Waals surface area contributed by atoms with Crippen LogP contribution in [0.15, 0.2) is 0 Å². The van der Waals surface area contributed by atoms with Gasteiger partial charge in [-0.05, 0) is 19.8 Å². The van der Waals surface area contributed by atoms with Crippen LogP contribution in [0.4, 0.5) is 11.5 Å². The van der Waals surface area contributed by atoms with E-state index in [1.54, 1.807) is 0 Å². The van der Waals surface area contributed by atoms with E-state index in [0.29, 0.717) is 0 Å². The number of aromatic nitrogens is 2. The number of rotatable bonds is 8. The Balaban J connectivity index is 2.47. The molecule has 5 heteroatoms. The van der Waals surface area contributed by atoms with Crippen LogP contribution in [-0.4, -0.2) is 29.5 Å². The normalized spacial score (nSPS) is 10.8. The SMILES string of the molecule is CCCc1nn(C)c(NCCCOCC)c1N. The summed E-state index contributed by atoms with van der Waals surface area (Å²) < 4.78 is 7.10. The van der Waals surface area contributed by atoms with Gasteiger partial charge in [-0.1, -0.05) is 13.3 Å². The Kier molecular flexibility index (Phi) is 5.83. The molecule has 0 aromatic carbocycles. The van der Waals surface area contributed by atoms with Gasteiger partial charge >= 0.3 is 0 Å². The predicted molar refractivity (Wildman–Crippen MR) is 71.2 cm³/mol. The molecule has 0 fully saturated rings. The molecule has 17 heavy (non-hydrogen) atoms. The Morgan fingerprint density at radius 1 is 1.41 bits per heavy atom. The summed E-state index contributed by atoms with van der Waals surface area (Å²) in [7, 11) is 1.92. The molecule has 0 bridgehead atoms. The van der Waals surface area contributed by atoms with Crippen molar-refractivity contribution in [2.75, 3.05) is 30.8 Å². The third-order valence-electron chi connectivity index (χ3n) is 2.61. The van der Waals surface area contributed by atoms with Gasteiger partial charge in [-0.3, -0.25) is 4.68 Å². The molecular formula is C12H24N4O. The van der Waals surface area contributed by atoms with Crippen molar-refractivity contribution < 1.29 is 4.74 Å². The Hall–Kier alpha value is -1.23. The van der Waals surface area contributed by atoms with E-state index in [1.807, 2.05) is 18.7 Å². The molecule has 0 spiro atoms. The van der Waals surface area contributed by atoms with Gasteiger partial charge in [-0.2, -0.15) is 5.10 Å². The number of nitrogens with two attached hydrogens (primary N) is 1. The summed E-state index contributed by atoms with van der Waals surface area (Å²) in [6.07, 6.45) is 2.97. The first kappa shape index (κ1) is 13.8. The van der Waals surface area contributed by atoms with Gasteiger partial charge in [0.05, 0.1) is 11.4 Å². The molecule has 1 heterocycles. The smallest absolute Gasteiger partial charge is 0.147 e. The second-order valence-corrected chi connectivity index (χ2v) is 4.06. The molecular weight excluding hydrogens is 216 g/mol. The zero-order valence-electron chi connectivity index (χ0n) is 11.1. The maximum Gasteiger partial charge on any atom is 0.147 e. The number of nitrogens with one attached hydrogen (secondary N) is 1. The number of anilines is 2. The van der Waals surface area contributed by atoms with Gasteiger partial charge in [0.1, 0.15) is 5.82 Å². The lowest BCUT2D eigenvalue weighted by atomic mass is 10.2. The van der Waals surface area contributed by atoms with E-state index in [9.17, 15) is 0 Å². The summed E-state index contributed by atoms with van der Waals surface area (Å²) in [4.78, 5) is 0. The summed E-state index contributed by atoms with van der Waals surface area (Å²) in [5, 5.41) is 7.73. The fourth-order valence-electron chi connectivity index (χ4n) is 1.75. The van der Waals surface area contributed by atoms with Crippen molar-refractivity contribution in [2.24, 2.45) is 7.05 Å². The standard InChI is InChI=1S/C12H24N4O/c1-4-7-10-11(13)12(16(3)15-10)14-8-6-9-17-5-2/h14H,4-9,13H2,1-3H3. The maximum absolute atomic E-state index is 6.05. The van der Waals surface area contributed by atoms with Crippen LogP contribution in [0, 0.1) is 0 Å². The first-order chi connectivity index (χ1) is 8.20. The van der Waals surface area contributed by atoms with Gasteiger partial charge in [0.15, 0.2) is 0 Å². The summed E-state index contributed by atoms with van der Waals surface area (Å²) in [6, 6.07) is 0. The van der Waals surface area contributed by atoms with Crippen molar-refractivity contribution in [2.45, 2.75) is 33.1 Å². The van der Waals surface area contributed by atoms with Gasteiger partial charge in [-0.15, -0.1) is 0 Å². The summed E-state index contributed by atoms with van der Waals surface area (Å²) in [5.74, 6) is 0.921. The number of ether oxygens (including phenoxy) is 1. The predicted octanol–water partition coefficient (Wildman–Crippen LogP) is 1.79. The van der Waals surface area contributed by atoms with Crippen LogP contribution in [0.5, 0.6) is 0 Å². The molecule has 98 valence electrons. The summed E-state index contributed by atoms with van der Waals surface area (Å²) >= 11 is 0. The number of hydrogen-bond acceptors (Lipinski definition) is 4. The van der Waals surface area contributed by atoms with Crippen LogP contribution in [0.1, 0.15) is 32.4 Å². The first-order valence-electron chi connectivity index (χ1n) is 6.33. The molecule has 0 aliphatic carbocycles. The van der Waals surface area contributed by atoms with E-state index in [1.165, 1.54) is 0 Å². The topological polar surface area (TPSA) is 65.1 Å². The average Bonchev–Trinajstić information content (AvgIpc) is 2.56. The zero-order valence-corrected chi connectivity index (χ0v) is 11.1. The van der Waals surface area contributed by atoms with E-state index < -0.39 is 0 Å². The van der Waals surface area contributed by atoms with Crippen molar-refractivity contribution in [1.82, 2.24) is 9.78 Å². The lowest BCUT2D eigenvalue weighted by Gasteiger charge is -2.07. The Morgan fingerprint density at radius 2 is 2.18 bits per heavy atom. The van der Waals surface area contributed by atoms with E-state index in [4.69, 9.17) is 10.5 Å². The molecule has 0 unspecified atom stereocenters. The third kappa shape index (κ3) is 3.93. The molecule has 0 aliphatic rings. The highest BCUT2D eigenvalue weighted by Crippen LogP contribution is 2.22. The minimum Gasteiger partial charge on any atom is -0.394 e. The number of aryl methyl sites for hydroxylation is 2. The van der Waals surface area contributed by atoms with Crippen molar-refractivity contribution in [1.29, 1.82) is 0 Å².